The Bertz CT molecular complexity index is 918. The third kappa shape index (κ3) is 3.63. The number of esters is 1. The van der Waals surface area contributed by atoms with Gasteiger partial charge in [-0.2, -0.15) is 0 Å². The Hall–Kier alpha value is -2.66. The summed E-state index contributed by atoms with van der Waals surface area (Å²) in [4.78, 5) is 30.9. The summed E-state index contributed by atoms with van der Waals surface area (Å²) in [6, 6.07) is 11.6. The number of rotatable bonds is 2. The summed E-state index contributed by atoms with van der Waals surface area (Å²) < 4.78 is 4.68. The smallest absolute Gasteiger partial charge is 0.337 e. The molecule has 0 bridgehead atoms. The Morgan fingerprint density at radius 1 is 1.12 bits per heavy atom. The molecule has 0 fully saturated rings. The molecule has 6 heteroatoms. The summed E-state index contributed by atoms with van der Waals surface area (Å²) in [7, 11) is 1.30. The Labute approximate surface area is 144 Å². The Kier molecular flexibility index (Phi) is 5.71. The minimum Gasteiger partial charge on any atom is -0.465 e. The summed E-state index contributed by atoms with van der Waals surface area (Å²) in [5, 5.41) is 1.00. The first-order valence-electron chi connectivity index (χ1n) is 7.47. The van der Waals surface area contributed by atoms with Gasteiger partial charge in [0, 0.05) is 10.6 Å². The van der Waals surface area contributed by atoms with Crippen molar-refractivity contribution >= 4 is 28.5 Å². The van der Waals surface area contributed by atoms with E-state index in [2.05, 4.69) is 14.7 Å². The number of halogens is 1. The van der Waals surface area contributed by atoms with E-state index in [0.717, 1.165) is 5.56 Å². The molecule has 2 aromatic carbocycles. The van der Waals surface area contributed by atoms with Gasteiger partial charge in [-0.15, -0.1) is 0 Å². The second-order valence-corrected chi connectivity index (χ2v) is 5.08. The third-order valence-corrected chi connectivity index (χ3v) is 3.50. The average Bonchev–Trinajstić information content (AvgIpc) is 2.62. The summed E-state index contributed by atoms with van der Waals surface area (Å²) >= 11 is 5.85. The second-order valence-electron chi connectivity index (χ2n) is 4.64. The number of H-pyrrole nitrogens is 1. The lowest BCUT2D eigenvalue weighted by atomic mass is 10.1. The number of hydrogen-bond acceptors (Lipinski definition) is 4. The van der Waals surface area contributed by atoms with Crippen molar-refractivity contribution in [1.82, 2.24) is 9.97 Å². The SMILES string of the molecule is CC.COC(=O)c1ccc2c(=O)[nH]c(-c3ccc(Cl)cc3)nc2c1. The van der Waals surface area contributed by atoms with E-state index in [1.54, 1.807) is 30.3 Å². The number of nitrogens with zero attached hydrogens (tertiary/aromatic N) is 1. The van der Waals surface area contributed by atoms with Crippen molar-refractivity contribution in [3.63, 3.8) is 0 Å². The first kappa shape index (κ1) is 17.7. The van der Waals surface area contributed by atoms with Crippen LogP contribution in [-0.2, 0) is 4.74 Å². The molecule has 0 radical (unpaired) electrons. The molecule has 1 heterocycles. The fourth-order valence-corrected chi connectivity index (χ4v) is 2.25. The molecule has 1 aromatic heterocycles. The quantitative estimate of drug-likeness (QED) is 0.712. The summed E-state index contributed by atoms with van der Waals surface area (Å²) in [5.41, 5.74) is 1.23. The van der Waals surface area contributed by atoms with Crippen molar-refractivity contribution in [2.75, 3.05) is 7.11 Å². The minimum absolute atomic E-state index is 0.272. The maximum Gasteiger partial charge on any atom is 0.337 e. The molecule has 0 aliphatic heterocycles. The van der Waals surface area contributed by atoms with Gasteiger partial charge in [0.1, 0.15) is 5.82 Å². The largest absolute Gasteiger partial charge is 0.465 e. The van der Waals surface area contributed by atoms with Gasteiger partial charge in [0.15, 0.2) is 0 Å². The normalized spacial score (nSPS) is 10.0. The van der Waals surface area contributed by atoms with Crippen LogP contribution in [0.15, 0.2) is 47.3 Å². The van der Waals surface area contributed by atoms with E-state index in [4.69, 9.17) is 11.6 Å². The van der Waals surface area contributed by atoms with Crippen LogP contribution in [0.5, 0.6) is 0 Å². The Morgan fingerprint density at radius 3 is 2.42 bits per heavy atom. The lowest BCUT2D eigenvalue weighted by molar-refractivity contribution is 0.0601. The van der Waals surface area contributed by atoms with Crippen LogP contribution >= 0.6 is 11.6 Å². The van der Waals surface area contributed by atoms with Gasteiger partial charge in [-0.25, -0.2) is 9.78 Å². The highest BCUT2D eigenvalue weighted by atomic mass is 35.5. The van der Waals surface area contributed by atoms with Gasteiger partial charge in [0.25, 0.3) is 5.56 Å². The molecule has 0 spiro atoms. The van der Waals surface area contributed by atoms with Gasteiger partial charge in [0.2, 0.25) is 0 Å². The van der Waals surface area contributed by atoms with Gasteiger partial charge in [-0.3, -0.25) is 4.79 Å². The molecule has 1 N–H and O–H groups in total. The molecule has 3 aromatic rings. The Morgan fingerprint density at radius 2 is 1.79 bits per heavy atom. The standard InChI is InChI=1S/C16H11ClN2O3.C2H6/c1-22-16(21)10-4-7-12-13(8-10)18-14(19-15(12)20)9-2-5-11(17)6-3-9;1-2/h2-8H,1H3,(H,18,19,20);1-2H3. The topological polar surface area (TPSA) is 72.1 Å². The van der Waals surface area contributed by atoms with Crippen LogP contribution in [0.2, 0.25) is 5.02 Å². The highest BCUT2D eigenvalue weighted by Crippen LogP contribution is 2.19. The zero-order valence-corrected chi connectivity index (χ0v) is 14.3. The van der Waals surface area contributed by atoms with Crippen molar-refractivity contribution in [2.45, 2.75) is 13.8 Å². The van der Waals surface area contributed by atoms with Gasteiger partial charge in [-0.05, 0) is 42.5 Å². The molecule has 3 rings (SSSR count). The number of benzene rings is 2. The molecular formula is C18H17ClN2O3. The number of carbonyl (C=O) groups is 1. The van der Waals surface area contributed by atoms with Gasteiger partial charge >= 0.3 is 5.97 Å². The third-order valence-electron chi connectivity index (χ3n) is 3.25. The molecular weight excluding hydrogens is 328 g/mol. The number of hydrogen-bond donors (Lipinski definition) is 1. The van der Waals surface area contributed by atoms with Crippen LogP contribution in [0, 0.1) is 0 Å². The average molecular weight is 345 g/mol. The lowest BCUT2D eigenvalue weighted by Crippen LogP contribution is -2.10. The molecule has 0 unspecified atom stereocenters. The van der Waals surface area contributed by atoms with Crippen molar-refractivity contribution in [3.8, 4) is 11.4 Å². The van der Waals surface area contributed by atoms with Crippen LogP contribution in [0.4, 0.5) is 0 Å². The van der Waals surface area contributed by atoms with Crippen LogP contribution < -0.4 is 5.56 Å². The number of aromatic amines is 1. The van der Waals surface area contributed by atoms with Crippen molar-refractivity contribution in [2.24, 2.45) is 0 Å². The van der Waals surface area contributed by atoms with E-state index in [0.29, 0.717) is 27.3 Å². The zero-order chi connectivity index (χ0) is 17.7. The molecule has 24 heavy (non-hydrogen) atoms. The van der Waals surface area contributed by atoms with Crippen molar-refractivity contribution in [3.05, 3.63) is 63.4 Å². The fourth-order valence-electron chi connectivity index (χ4n) is 2.13. The Balaban J connectivity index is 0.00000100. The number of ether oxygens (including phenoxy) is 1. The van der Waals surface area contributed by atoms with Crippen molar-refractivity contribution in [1.29, 1.82) is 0 Å². The molecule has 0 saturated heterocycles. The van der Waals surface area contributed by atoms with Crippen molar-refractivity contribution < 1.29 is 9.53 Å². The second kappa shape index (κ2) is 7.75. The summed E-state index contributed by atoms with van der Waals surface area (Å²) in [5.74, 6) is -0.0618. The van der Waals surface area contributed by atoms with E-state index < -0.39 is 5.97 Å². The van der Waals surface area contributed by atoms with Crippen LogP contribution in [0.25, 0.3) is 22.3 Å². The molecule has 124 valence electrons. The van der Waals surface area contributed by atoms with E-state index in [-0.39, 0.29) is 5.56 Å². The predicted molar refractivity (Wildman–Crippen MR) is 95.5 cm³/mol. The summed E-state index contributed by atoms with van der Waals surface area (Å²) in [6.07, 6.45) is 0. The molecule has 0 atom stereocenters. The van der Waals surface area contributed by atoms with Crippen LogP contribution in [-0.4, -0.2) is 23.0 Å². The molecule has 5 nitrogen and oxygen atoms in total. The number of fused-ring (bicyclic) bond motifs is 1. The zero-order valence-electron chi connectivity index (χ0n) is 13.6. The van der Waals surface area contributed by atoms with E-state index in [1.807, 2.05) is 13.8 Å². The fraction of sp³-hybridized carbons (Fsp3) is 0.167. The highest BCUT2D eigenvalue weighted by molar-refractivity contribution is 6.30. The maximum atomic E-state index is 12.2. The molecule has 0 amide bonds. The van der Waals surface area contributed by atoms with Crippen LogP contribution in [0.1, 0.15) is 24.2 Å². The van der Waals surface area contributed by atoms with Gasteiger partial charge in [0.05, 0.1) is 23.6 Å². The maximum absolute atomic E-state index is 12.2. The number of carbonyl (C=O) groups excluding carboxylic acids is 1. The number of aromatic nitrogens is 2. The first-order valence-corrected chi connectivity index (χ1v) is 7.84. The lowest BCUT2D eigenvalue weighted by Gasteiger charge is -2.05. The number of methoxy groups -OCH3 is 1. The molecule has 0 aliphatic carbocycles. The van der Waals surface area contributed by atoms with Gasteiger partial charge in [-0.1, -0.05) is 25.4 Å². The van der Waals surface area contributed by atoms with Gasteiger partial charge < -0.3 is 9.72 Å². The highest BCUT2D eigenvalue weighted by Gasteiger charge is 2.10. The van der Waals surface area contributed by atoms with Crippen LogP contribution in [0.3, 0.4) is 0 Å². The molecule has 0 saturated carbocycles. The number of nitrogens with one attached hydrogen (secondary N) is 1. The van der Waals surface area contributed by atoms with E-state index in [1.165, 1.54) is 19.2 Å². The van der Waals surface area contributed by atoms with E-state index >= 15 is 0 Å². The monoisotopic (exact) mass is 344 g/mol. The van der Waals surface area contributed by atoms with E-state index in [9.17, 15) is 9.59 Å². The minimum atomic E-state index is -0.475. The molecule has 0 aliphatic rings. The predicted octanol–water partition coefficient (Wildman–Crippen LogP) is 4.06. The first-order chi connectivity index (χ1) is 11.6. The summed E-state index contributed by atoms with van der Waals surface area (Å²) in [6.45, 7) is 4.00.